The van der Waals surface area contributed by atoms with Crippen LogP contribution < -0.4 is 10.6 Å². The topological polar surface area (TPSA) is 70.9 Å². The number of hydrogen-bond donors (Lipinski definition) is 2. The van der Waals surface area contributed by atoms with E-state index < -0.39 is 0 Å². The highest BCUT2D eigenvalue weighted by molar-refractivity contribution is 9.10. The number of halogens is 1. The van der Waals surface area contributed by atoms with Gasteiger partial charge in [-0.15, -0.1) is 0 Å². The maximum atomic E-state index is 4.93. The van der Waals surface area contributed by atoms with E-state index in [0.717, 1.165) is 52.2 Å². The third-order valence-corrected chi connectivity index (χ3v) is 7.77. The van der Waals surface area contributed by atoms with E-state index in [9.17, 15) is 0 Å². The van der Waals surface area contributed by atoms with Crippen LogP contribution in [0.3, 0.4) is 0 Å². The molecule has 0 atom stereocenters. The number of aryl methyl sites for hydroxylation is 1. The summed E-state index contributed by atoms with van der Waals surface area (Å²) in [4.78, 5) is 16.8. The summed E-state index contributed by atoms with van der Waals surface area (Å²) in [6.07, 6.45) is 11.3. The van der Waals surface area contributed by atoms with Gasteiger partial charge in [-0.2, -0.15) is 4.98 Å². The Kier molecular flexibility index (Phi) is 8.91. The molecule has 1 aliphatic rings. The lowest BCUT2D eigenvalue weighted by Crippen LogP contribution is -2.20. The van der Waals surface area contributed by atoms with Gasteiger partial charge in [0.1, 0.15) is 5.52 Å². The first-order valence-electron chi connectivity index (χ1n) is 13.9. The second-order valence-electron chi connectivity index (χ2n) is 10.4. The summed E-state index contributed by atoms with van der Waals surface area (Å²) in [6, 6.07) is 17.2. The van der Waals surface area contributed by atoms with Gasteiger partial charge in [-0.05, 0) is 94.6 Å². The minimum absolute atomic E-state index is 0.387. The molecule has 0 amide bonds. The molecule has 0 aliphatic heterocycles. The highest BCUT2D eigenvalue weighted by Crippen LogP contribution is 2.36. The van der Waals surface area contributed by atoms with Crippen LogP contribution in [0.5, 0.6) is 0 Å². The van der Waals surface area contributed by atoms with Crippen molar-refractivity contribution in [3.63, 3.8) is 0 Å². The highest BCUT2D eigenvalue weighted by Gasteiger charge is 2.24. The molecule has 0 saturated heterocycles. The minimum atomic E-state index is 0.387. The molecule has 2 aromatic carbocycles. The summed E-state index contributed by atoms with van der Waals surface area (Å²) in [5.41, 5.74) is 5.03. The Morgan fingerprint density at radius 2 is 1.79 bits per heavy atom. The van der Waals surface area contributed by atoms with Gasteiger partial charge < -0.3 is 15.5 Å². The average molecular weight is 577 g/mol. The van der Waals surface area contributed by atoms with Crippen molar-refractivity contribution in [3.8, 4) is 0 Å². The smallest absolute Gasteiger partial charge is 0.229 e. The lowest BCUT2D eigenvalue weighted by Gasteiger charge is -2.17. The van der Waals surface area contributed by atoms with Gasteiger partial charge in [-0.3, -0.25) is 4.57 Å². The van der Waals surface area contributed by atoms with Crippen molar-refractivity contribution in [3.05, 3.63) is 64.8 Å². The SMILES string of the molecule is CCCN(C)CCCCc1ccc(Nc2ncc3nc(Nc4cccc(Br)c4)n(C4CCCC4)c3n2)cc1. The zero-order valence-electron chi connectivity index (χ0n) is 22.5. The van der Waals surface area contributed by atoms with E-state index in [1.165, 1.54) is 50.8 Å². The number of imidazole rings is 1. The number of benzene rings is 2. The lowest BCUT2D eigenvalue weighted by molar-refractivity contribution is 0.326. The number of unbranched alkanes of at least 4 members (excludes halogenated alkanes) is 1. The van der Waals surface area contributed by atoms with E-state index in [1.54, 1.807) is 0 Å². The largest absolute Gasteiger partial charge is 0.326 e. The Morgan fingerprint density at radius 1 is 0.974 bits per heavy atom. The molecule has 2 aromatic heterocycles. The maximum Gasteiger partial charge on any atom is 0.229 e. The first-order chi connectivity index (χ1) is 18.6. The minimum Gasteiger partial charge on any atom is -0.326 e. The fourth-order valence-corrected chi connectivity index (χ4v) is 5.73. The Labute approximate surface area is 234 Å². The molecule has 7 nitrogen and oxygen atoms in total. The van der Waals surface area contributed by atoms with E-state index in [-0.39, 0.29) is 0 Å². The van der Waals surface area contributed by atoms with Gasteiger partial charge in [0.25, 0.3) is 0 Å². The van der Waals surface area contributed by atoms with Crippen LogP contribution in [-0.4, -0.2) is 44.6 Å². The molecule has 200 valence electrons. The first kappa shape index (κ1) is 26.6. The Balaban J connectivity index is 1.29. The maximum absolute atomic E-state index is 4.93. The van der Waals surface area contributed by atoms with Crippen LogP contribution in [-0.2, 0) is 6.42 Å². The molecule has 1 aliphatic carbocycles. The first-order valence-corrected chi connectivity index (χ1v) is 14.7. The quantitative estimate of drug-likeness (QED) is 0.167. The van der Waals surface area contributed by atoms with Gasteiger partial charge in [0, 0.05) is 21.9 Å². The molecule has 38 heavy (non-hydrogen) atoms. The van der Waals surface area contributed by atoms with Crippen molar-refractivity contribution in [2.24, 2.45) is 0 Å². The molecule has 1 fully saturated rings. The van der Waals surface area contributed by atoms with E-state index in [1.807, 2.05) is 18.3 Å². The fourth-order valence-electron chi connectivity index (χ4n) is 5.33. The number of hydrogen-bond acceptors (Lipinski definition) is 6. The number of anilines is 4. The lowest BCUT2D eigenvalue weighted by atomic mass is 10.1. The normalized spacial score (nSPS) is 14.0. The monoisotopic (exact) mass is 575 g/mol. The van der Waals surface area contributed by atoms with Crippen molar-refractivity contribution in [2.75, 3.05) is 30.8 Å². The van der Waals surface area contributed by atoms with Crippen LogP contribution >= 0.6 is 15.9 Å². The van der Waals surface area contributed by atoms with E-state index >= 15 is 0 Å². The van der Waals surface area contributed by atoms with Crippen LogP contribution in [0.2, 0.25) is 0 Å². The summed E-state index contributed by atoms with van der Waals surface area (Å²) in [6.45, 7) is 4.59. The zero-order chi connectivity index (χ0) is 26.3. The molecule has 0 spiro atoms. The van der Waals surface area contributed by atoms with Gasteiger partial charge in [0.05, 0.1) is 6.20 Å². The van der Waals surface area contributed by atoms with Crippen molar-refractivity contribution in [2.45, 2.75) is 64.3 Å². The molecular formula is C30H38BrN7. The highest BCUT2D eigenvalue weighted by atomic mass is 79.9. The van der Waals surface area contributed by atoms with E-state index in [0.29, 0.717) is 12.0 Å². The van der Waals surface area contributed by atoms with Crippen LogP contribution in [0.4, 0.5) is 23.3 Å². The molecule has 0 bridgehead atoms. The van der Waals surface area contributed by atoms with Crippen molar-refractivity contribution in [1.82, 2.24) is 24.4 Å². The van der Waals surface area contributed by atoms with Crippen molar-refractivity contribution in [1.29, 1.82) is 0 Å². The van der Waals surface area contributed by atoms with Gasteiger partial charge in [-0.25, -0.2) is 9.97 Å². The standard InChI is InChI=1S/C30H38BrN7/c1-3-18-37(2)19-7-6-9-22-14-16-24(17-15-22)33-29-32-21-27-28(36-29)38(26-12-4-5-13-26)30(35-27)34-25-11-8-10-23(31)20-25/h8,10-11,14-17,20-21,26H,3-7,9,12-13,18-19H2,1-2H3,(H,34,35)(H,32,33,36). The predicted octanol–water partition coefficient (Wildman–Crippen LogP) is 7.86. The fraction of sp³-hybridized carbons (Fsp3) is 0.433. The van der Waals surface area contributed by atoms with Gasteiger partial charge >= 0.3 is 0 Å². The number of rotatable bonds is 12. The molecule has 1 saturated carbocycles. The predicted molar refractivity (Wildman–Crippen MR) is 161 cm³/mol. The molecule has 4 aromatic rings. The zero-order valence-corrected chi connectivity index (χ0v) is 24.0. The molecule has 0 unspecified atom stereocenters. The van der Waals surface area contributed by atoms with Crippen LogP contribution in [0.15, 0.2) is 59.2 Å². The Morgan fingerprint density at radius 3 is 2.55 bits per heavy atom. The molecule has 2 heterocycles. The van der Waals surface area contributed by atoms with Crippen LogP contribution in [0.25, 0.3) is 11.2 Å². The summed E-state index contributed by atoms with van der Waals surface area (Å²) >= 11 is 3.57. The van der Waals surface area contributed by atoms with Gasteiger partial charge in [-0.1, -0.05) is 53.9 Å². The molecule has 2 N–H and O–H groups in total. The van der Waals surface area contributed by atoms with E-state index in [4.69, 9.17) is 9.97 Å². The second kappa shape index (κ2) is 12.7. The summed E-state index contributed by atoms with van der Waals surface area (Å²) in [7, 11) is 2.21. The average Bonchev–Trinajstić information content (AvgIpc) is 3.55. The number of fused-ring (bicyclic) bond motifs is 1. The van der Waals surface area contributed by atoms with Gasteiger partial charge in [0.15, 0.2) is 5.65 Å². The molecule has 5 rings (SSSR count). The molecule has 0 radical (unpaired) electrons. The Hall–Kier alpha value is -2.97. The van der Waals surface area contributed by atoms with Crippen molar-refractivity contribution >= 4 is 50.4 Å². The summed E-state index contributed by atoms with van der Waals surface area (Å²) < 4.78 is 3.31. The third kappa shape index (κ3) is 6.72. The molecular weight excluding hydrogens is 538 g/mol. The van der Waals surface area contributed by atoms with Crippen LogP contribution in [0, 0.1) is 0 Å². The second-order valence-corrected chi connectivity index (χ2v) is 11.3. The Bertz CT molecular complexity index is 1330. The van der Waals surface area contributed by atoms with Gasteiger partial charge in [0.2, 0.25) is 11.9 Å². The van der Waals surface area contributed by atoms with Crippen molar-refractivity contribution < 1.29 is 0 Å². The van der Waals surface area contributed by atoms with E-state index in [2.05, 4.69) is 91.4 Å². The third-order valence-electron chi connectivity index (χ3n) is 7.27. The summed E-state index contributed by atoms with van der Waals surface area (Å²) in [5, 5.41) is 6.93. The number of aromatic nitrogens is 4. The molecule has 8 heteroatoms. The van der Waals surface area contributed by atoms with Crippen LogP contribution in [0.1, 0.15) is 63.5 Å². The number of nitrogens with one attached hydrogen (secondary N) is 2. The number of nitrogens with zero attached hydrogens (tertiary/aromatic N) is 5. The summed E-state index contributed by atoms with van der Waals surface area (Å²) in [5.74, 6) is 1.42.